The molecule has 1 aromatic rings. The Morgan fingerprint density at radius 2 is 1.65 bits per heavy atom. The fraction of sp³-hybridized carbons (Fsp3) is 0.588. The van der Waals surface area contributed by atoms with E-state index in [9.17, 15) is 4.79 Å². The number of benzene rings is 1. The number of anilines is 1. The number of ether oxygens (including phenoxy) is 1. The summed E-state index contributed by atoms with van der Waals surface area (Å²) >= 11 is 0. The molecule has 0 aliphatic carbocycles. The van der Waals surface area contributed by atoms with Gasteiger partial charge < -0.3 is 10.1 Å². The summed E-state index contributed by atoms with van der Waals surface area (Å²) in [6.07, 6.45) is 2.04. The lowest BCUT2D eigenvalue weighted by Gasteiger charge is -2.09. The van der Waals surface area contributed by atoms with Gasteiger partial charge in [0, 0.05) is 12.2 Å². The second kappa shape index (κ2) is 8.62. The first-order chi connectivity index (χ1) is 9.49. The van der Waals surface area contributed by atoms with E-state index in [1.54, 1.807) is 0 Å². The molecule has 1 N–H and O–H groups in total. The second-order valence-corrected chi connectivity index (χ2v) is 6.01. The van der Waals surface area contributed by atoms with Crippen molar-refractivity contribution in [2.75, 3.05) is 18.5 Å². The zero-order valence-electron chi connectivity index (χ0n) is 13.1. The monoisotopic (exact) mass is 277 g/mol. The summed E-state index contributed by atoms with van der Waals surface area (Å²) in [6, 6.07) is 7.49. The molecule has 0 aliphatic heterocycles. The van der Waals surface area contributed by atoms with Crippen molar-refractivity contribution in [3.8, 4) is 0 Å². The molecule has 0 heterocycles. The Labute approximate surface area is 122 Å². The minimum Gasteiger partial charge on any atom is -0.462 e. The van der Waals surface area contributed by atoms with E-state index in [0.29, 0.717) is 24.0 Å². The predicted octanol–water partition coefficient (Wildman–Crippen LogP) is 4.35. The number of esters is 1. The minimum absolute atomic E-state index is 0.237. The fourth-order valence-corrected chi connectivity index (χ4v) is 1.70. The van der Waals surface area contributed by atoms with E-state index in [4.69, 9.17) is 4.74 Å². The molecule has 3 heteroatoms. The molecule has 0 saturated heterocycles. The van der Waals surface area contributed by atoms with Gasteiger partial charge in [0.2, 0.25) is 0 Å². The van der Waals surface area contributed by atoms with Crippen molar-refractivity contribution < 1.29 is 9.53 Å². The lowest BCUT2D eigenvalue weighted by Crippen LogP contribution is -2.08. The van der Waals surface area contributed by atoms with Crippen molar-refractivity contribution in [2.24, 2.45) is 11.8 Å². The summed E-state index contributed by atoms with van der Waals surface area (Å²) in [7, 11) is 0. The Bertz CT molecular complexity index is 396. The van der Waals surface area contributed by atoms with E-state index in [2.05, 4.69) is 33.0 Å². The number of rotatable bonds is 8. The Hall–Kier alpha value is -1.51. The van der Waals surface area contributed by atoms with E-state index in [1.807, 2.05) is 24.3 Å². The number of hydrogen-bond acceptors (Lipinski definition) is 3. The van der Waals surface area contributed by atoms with Crippen LogP contribution in [0.2, 0.25) is 0 Å². The molecule has 1 aromatic carbocycles. The maximum absolute atomic E-state index is 11.8. The van der Waals surface area contributed by atoms with Crippen molar-refractivity contribution in [3.63, 3.8) is 0 Å². The Kier molecular flexibility index (Phi) is 7.13. The quantitative estimate of drug-likeness (QED) is 0.718. The topological polar surface area (TPSA) is 38.3 Å². The largest absolute Gasteiger partial charge is 0.462 e. The van der Waals surface area contributed by atoms with Gasteiger partial charge in [0.05, 0.1) is 12.2 Å². The molecule has 0 unspecified atom stereocenters. The van der Waals surface area contributed by atoms with Crippen LogP contribution in [0.25, 0.3) is 0 Å². The molecule has 0 spiro atoms. The van der Waals surface area contributed by atoms with Gasteiger partial charge in [-0.1, -0.05) is 27.7 Å². The molecule has 112 valence electrons. The van der Waals surface area contributed by atoms with Crippen LogP contribution in [-0.4, -0.2) is 19.1 Å². The summed E-state index contributed by atoms with van der Waals surface area (Å²) in [6.45, 7) is 10.1. The standard InChI is InChI=1S/C17H27NO2/c1-13(2)9-11-18-16-7-5-15(6-8-16)17(19)20-12-10-14(3)4/h5-8,13-14,18H,9-12H2,1-4H3. The van der Waals surface area contributed by atoms with Gasteiger partial charge in [-0.3, -0.25) is 0 Å². The van der Waals surface area contributed by atoms with Crippen LogP contribution in [0.5, 0.6) is 0 Å². The molecule has 0 aromatic heterocycles. The van der Waals surface area contributed by atoms with Gasteiger partial charge in [-0.25, -0.2) is 4.79 Å². The number of hydrogen-bond donors (Lipinski definition) is 1. The van der Waals surface area contributed by atoms with Crippen molar-refractivity contribution in [2.45, 2.75) is 40.5 Å². The molecule has 0 bridgehead atoms. The third-order valence-electron chi connectivity index (χ3n) is 3.10. The molecule has 1 rings (SSSR count). The van der Waals surface area contributed by atoms with Crippen molar-refractivity contribution in [3.05, 3.63) is 29.8 Å². The molecule has 20 heavy (non-hydrogen) atoms. The maximum Gasteiger partial charge on any atom is 0.338 e. The Morgan fingerprint density at radius 1 is 1.05 bits per heavy atom. The van der Waals surface area contributed by atoms with Gasteiger partial charge in [-0.15, -0.1) is 0 Å². The summed E-state index contributed by atoms with van der Waals surface area (Å²) in [5.41, 5.74) is 1.66. The van der Waals surface area contributed by atoms with Gasteiger partial charge in [0.1, 0.15) is 0 Å². The van der Waals surface area contributed by atoms with E-state index >= 15 is 0 Å². The zero-order chi connectivity index (χ0) is 15.0. The SMILES string of the molecule is CC(C)CCNc1ccc(C(=O)OCCC(C)C)cc1. The predicted molar refractivity (Wildman–Crippen MR) is 84.1 cm³/mol. The molecule has 0 atom stereocenters. The first-order valence-electron chi connectivity index (χ1n) is 7.50. The summed E-state index contributed by atoms with van der Waals surface area (Å²) in [4.78, 5) is 11.8. The zero-order valence-corrected chi connectivity index (χ0v) is 13.1. The highest BCUT2D eigenvalue weighted by Crippen LogP contribution is 2.12. The summed E-state index contributed by atoms with van der Waals surface area (Å²) in [5.74, 6) is 1.01. The van der Waals surface area contributed by atoms with E-state index in [1.165, 1.54) is 0 Å². The average Bonchev–Trinajstić information content (AvgIpc) is 2.38. The molecule has 3 nitrogen and oxygen atoms in total. The van der Waals surface area contributed by atoms with Gasteiger partial charge in [-0.2, -0.15) is 0 Å². The van der Waals surface area contributed by atoms with Gasteiger partial charge in [0.25, 0.3) is 0 Å². The van der Waals surface area contributed by atoms with Crippen molar-refractivity contribution in [1.29, 1.82) is 0 Å². The summed E-state index contributed by atoms with van der Waals surface area (Å²) in [5, 5.41) is 3.35. The maximum atomic E-state index is 11.8. The van der Waals surface area contributed by atoms with Crippen LogP contribution < -0.4 is 5.32 Å². The normalized spacial score (nSPS) is 10.9. The Balaban J connectivity index is 2.39. The van der Waals surface area contributed by atoms with Gasteiger partial charge in [0.15, 0.2) is 0 Å². The fourth-order valence-electron chi connectivity index (χ4n) is 1.70. The highest BCUT2D eigenvalue weighted by Gasteiger charge is 2.07. The van der Waals surface area contributed by atoms with Crippen molar-refractivity contribution >= 4 is 11.7 Å². The van der Waals surface area contributed by atoms with Crippen LogP contribution in [0.15, 0.2) is 24.3 Å². The van der Waals surface area contributed by atoms with Crippen LogP contribution in [-0.2, 0) is 4.74 Å². The molecule has 0 aliphatic rings. The molecule has 0 fully saturated rings. The Morgan fingerprint density at radius 3 is 2.20 bits per heavy atom. The first kappa shape index (κ1) is 16.5. The first-order valence-corrected chi connectivity index (χ1v) is 7.50. The number of carbonyl (C=O) groups is 1. The van der Waals surface area contributed by atoms with Crippen LogP contribution in [0.1, 0.15) is 50.9 Å². The average molecular weight is 277 g/mol. The van der Waals surface area contributed by atoms with Crippen LogP contribution in [0.3, 0.4) is 0 Å². The number of carbonyl (C=O) groups excluding carboxylic acids is 1. The van der Waals surface area contributed by atoms with Crippen LogP contribution in [0, 0.1) is 11.8 Å². The van der Waals surface area contributed by atoms with Gasteiger partial charge in [-0.05, 0) is 48.9 Å². The van der Waals surface area contributed by atoms with Crippen LogP contribution >= 0.6 is 0 Å². The van der Waals surface area contributed by atoms with E-state index < -0.39 is 0 Å². The lowest BCUT2D eigenvalue weighted by molar-refractivity contribution is 0.0488. The molecule has 0 radical (unpaired) electrons. The van der Waals surface area contributed by atoms with Crippen LogP contribution in [0.4, 0.5) is 5.69 Å². The second-order valence-electron chi connectivity index (χ2n) is 6.01. The van der Waals surface area contributed by atoms with E-state index in [-0.39, 0.29) is 5.97 Å². The third kappa shape index (κ3) is 6.60. The highest BCUT2D eigenvalue weighted by molar-refractivity contribution is 5.89. The van der Waals surface area contributed by atoms with Crippen molar-refractivity contribution in [1.82, 2.24) is 0 Å². The molecule has 0 saturated carbocycles. The number of nitrogens with one attached hydrogen (secondary N) is 1. The molecular formula is C17H27NO2. The smallest absolute Gasteiger partial charge is 0.338 e. The third-order valence-corrected chi connectivity index (χ3v) is 3.10. The van der Waals surface area contributed by atoms with Gasteiger partial charge >= 0.3 is 5.97 Å². The molecular weight excluding hydrogens is 250 g/mol. The summed E-state index contributed by atoms with van der Waals surface area (Å²) < 4.78 is 5.23. The van der Waals surface area contributed by atoms with E-state index in [0.717, 1.165) is 25.1 Å². The molecule has 0 amide bonds. The highest BCUT2D eigenvalue weighted by atomic mass is 16.5. The lowest BCUT2D eigenvalue weighted by atomic mass is 10.1. The minimum atomic E-state index is -0.237.